The van der Waals surface area contributed by atoms with E-state index in [0.29, 0.717) is 35.3 Å². The Morgan fingerprint density at radius 2 is 2.29 bits per heavy atom. The molecule has 0 aliphatic carbocycles. The summed E-state index contributed by atoms with van der Waals surface area (Å²) in [5.41, 5.74) is 1.26. The van der Waals surface area contributed by atoms with Crippen molar-refractivity contribution in [3.05, 3.63) is 28.8 Å². The quantitative estimate of drug-likeness (QED) is 0.529. The highest BCUT2D eigenvalue weighted by Crippen LogP contribution is 2.28. The van der Waals surface area contributed by atoms with Gasteiger partial charge in [-0.15, -0.1) is 0 Å². The Labute approximate surface area is 146 Å². The summed E-state index contributed by atoms with van der Waals surface area (Å²) < 4.78 is 16.2. The molecule has 1 aliphatic heterocycles. The molecule has 1 aliphatic rings. The largest absolute Gasteiger partial charge is 0.478 e. The number of esters is 1. The van der Waals surface area contributed by atoms with Crippen LogP contribution in [0.4, 0.5) is 0 Å². The summed E-state index contributed by atoms with van der Waals surface area (Å²) >= 11 is 6.11. The first-order valence-electron chi connectivity index (χ1n) is 7.92. The molecule has 0 saturated carbocycles. The summed E-state index contributed by atoms with van der Waals surface area (Å²) in [4.78, 5) is 16.8. The molecule has 6 nitrogen and oxygen atoms in total. The highest BCUT2D eigenvalue weighted by Gasteiger charge is 2.29. The van der Waals surface area contributed by atoms with Crippen LogP contribution in [0.25, 0.3) is 0 Å². The number of rotatable bonds is 8. The summed E-state index contributed by atoms with van der Waals surface area (Å²) in [5, 5.41) is 4.61. The lowest BCUT2D eigenvalue weighted by Gasteiger charge is -2.18. The minimum Gasteiger partial charge on any atom is -0.478 e. The molecule has 2 rings (SSSR count). The normalized spacial score (nSPS) is 17.8. The van der Waals surface area contributed by atoms with E-state index in [-0.39, 0.29) is 6.10 Å². The minimum atomic E-state index is -0.752. The van der Waals surface area contributed by atoms with E-state index in [1.54, 1.807) is 25.1 Å². The summed E-state index contributed by atoms with van der Waals surface area (Å²) in [7, 11) is 1.32. The molecule has 0 spiro atoms. The molecule has 1 heterocycles. The Balaban J connectivity index is 2.21. The summed E-state index contributed by atoms with van der Waals surface area (Å²) in [6.07, 6.45) is 0.965. The highest BCUT2D eigenvalue weighted by molar-refractivity contribution is 6.31. The number of hydrogen-bond donors (Lipinski definition) is 0. The molecular weight excluding hydrogens is 334 g/mol. The number of oxime groups is 1. The zero-order valence-electron chi connectivity index (χ0n) is 14.1. The van der Waals surface area contributed by atoms with Crippen molar-refractivity contribution in [3.8, 4) is 5.75 Å². The second-order valence-corrected chi connectivity index (χ2v) is 5.85. The van der Waals surface area contributed by atoms with Crippen LogP contribution in [-0.4, -0.2) is 44.2 Å². The number of hydrogen-bond acceptors (Lipinski definition) is 6. The molecule has 0 saturated heterocycles. The van der Waals surface area contributed by atoms with E-state index in [0.717, 1.165) is 12.8 Å². The van der Waals surface area contributed by atoms with Gasteiger partial charge in [-0.25, -0.2) is 4.79 Å². The van der Waals surface area contributed by atoms with Crippen LogP contribution in [-0.2, 0) is 19.1 Å². The average molecular weight is 356 g/mol. The van der Waals surface area contributed by atoms with Crippen LogP contribution in [0.5, 0.6) is 5.75 Å². The molecule has 24 heavy (non-hydrogen) atoms. The third-order valence-electron chi connectivity index (χ3n) is 3.57. The highest BCUT2D eigenvalue weighted by atomic mass is 35.5. The van der Waals surface area contributed by atoms with Gasteiger partial charge in [-0.3, -0.25) is 0 Å². The van der Waals surface area contributed by atoms with Crippen molar-refractivity contribution in [2.75, 3.05) is 20.3 Å². The fourth-order valence-electron chi connectivity index (χ4n) is 2.24. The number of unbranched alkanes of at least 4 members (excludes halogenated alkanes) is 1. The minimum absolute atomic E-state index is 0.286. The number of carbonyl (C=O) groups excluding carboxylic acids is 1. The fourth-order valence-corrected chi connectivity index (χ4v) is 2.41. The molecule has 0 amide bonds. The molecule has 7 heteroatoms. The van der Waals surface area contributed by atoms with Crippen molar-refractivity contribution >= 4 is 23.3 Å². The molecule has 1 aromatic rings. The molecule has 132 valence electrons. The van der Waals surface area contributed by atoms with Gasteiger partial charge in [-0.05, 0) is 31.5 Å². The predicted molar refractivity (Wildman–Crippen MR) is 90.7 cm³/mol. The molecule has 0 N–H and O–H groups in total. The fraction of sp³-hybridized carbons (Fsp3) is 0.529. The van der Waals surface area contributed by atoms with E-state index in [2.05, 4.69) is 12.1 Å². The topological polar surface area (TPSA) is 66.3 Å². The number of nitrogens with zero attached hydrogens (tertiary/aromatic N) is 1. The van der Waals surface area contributed by atoms with Gasteiger partial charge in [0.2, 0.25) is 0 Å². The molecular formula is C17H22ClNO5. The van der Waals surface area contributed by atoms with E-state index < -0.39 is 12.1 Å². The lowest BCUT2D eigenvalue weighted by atomic mass is 10.0. The smallest absolute Gasteiger partial charge is 0.346 e. The maximum Gasteiger partial charge on any atom is 0.346 e. The van der Waals surface area contributed by atoms with Gasteiger partial charge < -0.3 is 19.0 Å². The van der Waals surface area contributed by atoms with E-state index in [4.69, 9.17) is 30.6 Å². The number of methoxy groups -OCH3 is 1. The van der Waals surface area contributed by atoms with Crippen molar-refractivity contribution in [1.82, 2.24) is 0 Å². The predicted octanol–water partition coefficient (Wildman–Crippen LogP) is 3.20. The van der Waals surface area contributed by atoms with Crippen LogP contribution < -0.4 is 4.74 Å². The van der Waals surface area contributed by atoms with Crippen molar-refractivity contribution in [2.24, 2.45) is 5.16 Å². The Morgan fingerprint density at radius 3 is 3.00 bits per heavy atom. The summed E-state index contributed by atoms with van der Waals surface area (Å²) in [6.45, 7) is 4.68. The second kappa shape index (κ2) is 8.89. The van der Waals surface area contributed by atoms with Gasteiger partial charge >= 0.3 is 5.97 Å². The van der Waals surface area contributed by atoms with Crippen molar-refractivity contribution in [3.63, 3.8) is 0 Å². The molecule has 0 radical (unpaired) electrons. The van der Waals surface area contributed by atoms with Gasteiger partial charge in [0.15, 0.2) is 6.10 Å². The standard InChI is InChI=1S/C17H22ClNO5/c1-4-5-8-22-15-10-23-19-16(15)13-9-12(18)6-7-14(13)24-11(2)17(20)21-3/h6-7,9,11,15H,4-5,8,10H2,1-3H3/t11-,15?/m0/s1. The average Bonchev–Trinajstić information content (AvgIpc) is 3.04. The zero-order valence-corrected chi connectivity index (χ0v) is 14.8. The van der Waals surface area contributed by atoms with Gasteiger partial charge in [0.05, 0.1) is 7.11 Å². The number of ether oxygens (including phenoxy) is 3. The Hall–Kier alpha value is -1.79. The lowest BCUT2D eigenvalue weighted by Crippen LogP contribution is -2.28. The van der Waals surface area contributed by atoms with Gasteiger partial charge in [0.25, 0.3) is 0 Å². The summed E-state index contributed by atoms with van der Waals surface area (Å²) in [5.74, 6) is 0.0156. The van der Waals surface area contributed by atoms with Crippen molar-refractivity contribution in [2.45, 2.75) is 38.9 Å². The third-order valence-corrected chi connectivity index (χ3v) is 3.80. The first kappa shape index (κ1) is 18.5. The molecule has 0 aromatic heterocycles. The van der Waals surface area contributed by atoms with E-state index in [1.807, 2.05) is 0 Å². The van der Waals surface area contributed by atoms with Crippen molar-refractivity contribution < 1.29 is 23.8 Å². The first-order chi connectivity index (χ1) is 11.6. The molecule has 0 fully saturated rings. The number of benzene rings is 1. The van der Waals surface area contributed by atoms with Crippen LogP contribution in [0.2, 0.25) is 5.02 Å². The molecule has 2 atom stereocenters. The van der Waals surface area contributed by atoms with E-state index >= 15 is 0 Å². The summed E-state index contributed by atoms with van der Waals surface area (Å²) in [6, 6.07) is 5.11. The molecule has 1 aromatic carbocycles. The first-order valence-corrected chi connectivity index (χ1v) is 8.30. The Morgan fingerprint density at radius 1 is 1.50 bits per heavy atom. The van der Waals surface area contributed by atoms with Gasteiger partial charge in [-0.1, -0.05) is 30.1 Å². The van der Waals surface area contributed by atoms with E-state index in [1.165, 1.54) is 7.11 Å². The van der Waals surface area contributed by atoms with Crippen LogP contribution in [0.1, 0.15) is 32.3 Å². The SMILES string of the molecule is CCCCOC1CON=C1c1cc(Cl)ccc1O[C@@H](C)C(=O)OC. The van der Waals surface area contributed by atoms with Crippen LogP contribution in [0.15, 0.2) is 23.4 Å². The van der Waals surface area contributed by atoms with Gasteiger partial charge in [-0.2, -0.15) is 0 Å². The van der Waals surface area contributed by atoms with Crippen LogP contribution >= 0.6 is 11.6 Å². The lowest BCUT2D eigenvalue weighted by molar-refractivity contribution is -0.147. The Bertz CT molecular complexity index is 605. The van der Waals surface area contributed by atoms with Crippen LogP contribution in [0.3, 0.4) is 0 Å². The molecule has 1 unspecified atom stereocenters. The molecule has 0 bridgehead atoms. The van der Waals surface area contributed by atoms with Crippen LogP contribution in [0, 0.1) is 0 Å². The maximum atomic E-state index is 11.6. The second-order valence-electron chi connectivity index (χ2n) is 5.41. The third kappa shape index (κ3) is 4.61. The Kier molecular flexibility index (Phi) is 6.87. The van der Waals surface area contributed by atoms with Crippen molar-refractivity contribution in [1.29, 1.82) is 0 Å². The van der Waals surface area contributed by atoms with Gasteiger partial charge in [0.1, 0.15) is 24.2 Å². The number of carbonyl (C=O) groups is 1. The van der Waals surface area contributed by atoms with E-state index in [9.17, 15) is 4.79 Å². The maximum absolute atomic E-state index is 11.6. The zero-order chi connectivity index (χ0) is 17.5. The van der Waals surface area contributed by atoms with Gasteiger partial charge in [0, 0.05) is 17.2 Å². The monoisotopic (exact) mass is 355 g/mol. The number of halogens is 1.